The molecular formula is C20H21FN4O6S. The lowest BCUT2D eigenvalue weighted by molar-refractivity contribution is -0.208. The monoisotopic (exact) mass is 464 g/mol. The highest BCUT2D eigenvalue weighted by Gasteiger charge is 2.47. The molecule has 5 unspecified atom stereocenters. The zero-order valence-electron chi connectivity index (χ0n) is 16.6. The van der Waals surface area contributed by atoms with Gasteiger partial charge in [0.25, 0.3) is 0 Å². The fourth-order valence-corrected chi connectivity index (χ4v) is 4.69. The number of aromatic nitrogens is 3. The van der Waals surface area contributed by atoms with Crippen LogP contribution >= 0.6 is 0 Å². The van der Waals surface area contributed by atoms with Gasteiger partial charge < -0.3 is 20.1 Å². The Bertz CT molecular complexity index is 1180. The standard InChI is InChI=1S/C20H21FN4O6S/c21-13-6-4-5-12(9-13)15-10-25(24-22-15)17-18(27)16(11-26)31-20(19(17)28)23-32(29,30)14-7-2-1-3-8-14/h1-10,16-20,23,26-28H,11H2. The second kappa shape index (κ2) is 9.02. The number of aliphatic hydroxyl groups is 3. The lowest BCUT2D eigenvalue weighted by atomic mass is 9.96. The summed E-state index contributed by atoms with van der Waals surface area (Å²) < 4.78 is 47.7. The van der Waals surface area contributed by atoms with Gasteiger partial charge >= 0.3 is 0 Å². The Balaban J connectivity index is 1.63. The molecule has 32 heavy (non-hydrogen) atoms. The van der Waals surface area contributed by atoms with E-state index in [0.717, 1.165) is 4.68 Å². The maximum Gasteiger partial charge on any atom is 0.242 e. The number of sulfonamides is 1. The molecule has 12 heteroatoms. The van der Waals surface area contributed by atoms with Crippen LogP contribution in [0.3, 0.4) is 0 Å². The van der Waals surface area contributed by atoms with Crippen molar-refractivity contribution >= 4 is 10.0 Å². The van der Waals surface area contributed by atoms with Gasteiger partial charge in [0, 0.05) is 5.56 Å². The first-order chi connectivity index (χ1) is 15.3. The molecule has 0 spiro atoms. The van der Waals surface area contributed by atoms with Gasteiger partial charge in [0.05, 0.1) is 17.7 Å². The zero-order chi connectivity index (χ0) is 22.9. The van der Waals surface area contributed by atoms with Crippen molar-refractivity contribution in [2.45, 2.75) is 35.5 Å². The molecule has 10 nitrogen and oxygen atoms in total. The summed E-state index contributed by atoms with van der Waals surface area (Å²) in [5.74, 6) is -0.473. The van der Waals surface area contributed by atoms with Gasteiger partial charge in [-0.1, -0.05) is 35.5 Å². The highest BCUT2D eigenvalue weighted by atomic mass is 32.2. The summed E-state index contributed by atoms with van der Waals surface area (Å²) in [6, 6.07) is 11.9. The Labute approximate surface area is 182 Å². The van der Waals surface area contributed by atoms with Crippen LogP contribution in [-0.4, -0.2) is 69.9 Å². The van der Waals surface area contributed by atoms with Crippen molar-refractivity contribution in [2.24, 2.45) is 0 Å². The highest BCUT2D eigenvalue weighted by molar-refractivity contribution is 7.89. The predicted octanol–water partition coefficient (Wildman–Crippen LogP) is 0.0428. The summed E-state index contributed by atoms with van der Waals surface area (Å²) in [6.07, 6.45) is -4.35. The minimum Gasteiger partial charge on any atom is -0.394 e. The van der Waals surface area contributed by atoms with Crippen LogP contribution in [0.1, 0.15) is 6.04 Å². The molecule has 2 heterocycles. The molecule has 0 amide bonds. The maximum atomic E-state index is 13.5. The smallest absolute Gasteiger partial charge is 0.242 e. The Kier molecular flexibility index (Phi) is 6.33. The van der Waals surface area contributed by atoms with Gasteiger partial charge in [0.1, 0.15) is 42.1 Å². The number of benzene rings is 2. The van der Waals surface area contributed by atoms with E-state index in [1.165, 1.54) is 36.5 Å². The summed E-state index contributed by atoms with van der Waals surface area (Å²) in [5, 5.41) is 39.0. The van der Waals surface area contributed by atoms with E-state index in [9.17, 15) is 28.1 Å². The van der Waals surface area contributed by atoms with Crippen molar-refractivity contribution in [1.82, 2.24) is 19.7 Å². The topological polar surface area (TPSA) is 147 Å². The molecular weight excluding hydrogens is 443 g/mol. The van der Waals surface area contributed by atoms with E-state index in [2.05, 4.69) is 15.0 Å². The molecule has 4 rings (SSSR count). The number of halogens is 1. The van der Waals surface area contributed by atoms with Crippen LogP contribution in [0.5, 0.6) is 0 Å². The molecule has 170 valence electrons. The van der Waals surface area contributed by atoms with E-state index in [0.29, 0.717) is 5.56 Å². The number of ether oxygens (including phenoxy) is 1. The van der Waals surface area contributed by atoms with Crippen molar-refractivity contribution < 1.29 is 32.9 Å². The van der Waals surface area contributed by atoms with Gasteiger partial charge in [-0.3, -0.25) is 0 Å². The minimum atomic E-state index is -4.08. The average molecular weight is 464 g/mol. The molecule has 3 aromatic rings. The van der Waals surface area contributed by atoms with E-state index in [1.807, 2.05) is 0 Å². The van der Waals surface area contributed by atoms with E-state index in [1.54, 1.807) is 24.3 Å². The third kappa shape index (κ3) is 4.41. The number of aliphatic hydroxyl groups excluding tert-OH is 3. The van der Waals surface area contributed by atoms with Gasteiger partial charge in [0.15, 0.2) is 0 Å². The number of hydrogen-bond acceptors (Lipinski definition) is 8. The number of rotatable bonds is 6. The number of nitrogens with one attached hydrogen (secondary N) is 1. The Morgan fingerprint density at radius 1 is 1.09 bits per heavy atom. The van der Waals surface area contributed by atoms with Gasteiger partial charge in [0.2, 0.25) is 10.0 Å². The molecule has 0 aliphatic carbocycles. The lowest BCUT2D eigenvalue weighted by Gasteiger charge is -2.42. The quantitative estimate of drug-likeness (QED) is 0.400. The SMILES string of the molecule is O=S(=O)(NC1OC(CO)C(O)C(n2cc(-c3cccc(F)c3)nn2)C1O)c1ccccc1. The van der Waals surface area contributed by atoms with Crippen molar-refractivity contribution in [3.8, 4) is 11.3 Å². The van der Waals surface area contributed by atoms with E-state index >= 15 is 0 Å². The van der Waals surface area contributed by atoms with Gasteiger partial charge in [-0.05, 0) is 24.3 Å². The summed E-state index contributed by atoms with van der Waals surface area (Å²) >= 11 is 0. The molecule has 2 aromatic carbocycles. The molecule has 0 bridgehead atoms. The van der Waals surface area contributed by atoms with Crippen LogP contribution in [-0.2, 0) is 14.8 Å². The van der Waals surface area contributed by atoms with E-state index in [-0.39, 0.29) is 10.6 Å². The fraction of sp³-hybridized carbons (Fsp3) is 0.300. The molecule has 4 N–H and O–H groups in total. The molecule has 0 saturated carbocycles. The second-order valence-corrected chi connectivity index (χ2v) is 8.99. The first kappa shape index (κ1) is 22.5. The molecule has 1 fully saturated rings. The summed E-state index contributed by atoms with van der Waals surface area (Å²) in [6.45, 7) is -0.639. The summed E-state index contributed by atoms with van der Waals surface area (Å²) in [5.41, 5.74) is 0.699. The minimum absolute atomic E-state index is 0.0480. The largest absolute Gasteiger partial charge is 0.394 e. The van der Waals surface area contributed by atoms with E-state index < -0.39 is 53.0 Å². The average Bonchev–Trinajstić information content (AvgIpc) is 3.26. The second-order valence-electron chi connectivity index (χ2n) is 7.28. The molecule has 1 aliphatic heterocycles. The van der Waals surface area contributed by atoms with Gasteiger partial charge in [-0.25, -0.2) is 17.5 Å². The van der Waals surface area contributed by atoms with Crippen LogP contribution in [0.15, 0.2) is 65.7 Å². The first-order valence-corrected chi connectivity index (χ1v) is 11.2. The van der Waals surface area contributed by atoms with Crippen molar-refractivity contribution in [2.75, 3.05) is 6.61 Å². The Morgan fingerprint density at radius 3 is 2.53 bits per heavy atom. The summed E-state index contributed by atoms with van der Waals surface area (Å²) in [4.78, 5) is -0.0480. The van der Waals surface area contributed by atoms with Crippen molar-refractivity contribution in [3.63, 3.8) is 0 Å². The highest BCUT2D eigenvalue weighted by Crippen LogP contribution is 2.30. The third-order valence-corrected chi connectivity index (χ3v) is 6.59. The lowest BCUT2D eigenvalue weighted by Crippen LogP contribution is -2.61. The normalized spacial score (nSPS) is 26.2. The maximum absolute atomic E-state index is 13.5. The predicted molar refractivity (Wildman–Crippen MR) is 109 cm³/mol. The van der Waals surface area contributed by atoms with Crippen LogP contribution < -0.4 is 4.72 Å². The Morgan fingerprint density at radius 2 is 1.84 bits per heavy atom. The van der Waals surface area contributed by atoms with Crippen LogP contribution in [0, 0.1) is 5.82 Å². The van der Waals surface area contributed by atoms with Crippen molar-refractivity contribution in [3.05, 3.63) is 66.6 Å². The molecule has 1 aromatic heterocycles. The van der Waals surface area contributed by atoms with Crippen LogP contribution in [0.2, 0.25) is 0 Å². The van der Waals surface area contributed by atoms with Crippen LogP contribution in [0.4, 0.5) is 4.39 Å². The van der Waals surface area contributed by atoms with Crippen molar-refractivity contribution in [1.29, 1.82) is 0 Å². The number of hydrogen-bond donors (Lipinski definition) is 4. The molecule has 5 atom stereocenters. The first-order valence-electron chi connectivity index (χ1n) is 9.68. The van der Waals surface area contributed by atoms with E-state index in [4.69, 9.17) is 4.74 Å². The number of nitrogens with zero attached hydrogens (tertiary/aromatic N) is 3. The van der Waals surface area contributed by atoms with Gasteiger partial charge in [-0.15, -0.1) is 5.10 Å². The Hall–Kier alpha value is -2.74. The van der Waals surface area contributed by atoms with Crippen LogP contribution in [0.25, 0.3) is 11.3 Å². The van der Waals surface area contributed by atoms with Gasteiger partial charge in [-0.2, -0.15) is 4.72 Å². The molecule has 0 radical (unpaired) electrons. The zero-order valence-corrected chi connectivity index (χ0v) is 17.4. The summed E-state index contributed by atoms with van der Waals surface area (Å²) in [7, 11) is -4.08. The molecule has 1 aliphatic rings. The third-order valence-electron chi connectivity index (χ3n) is 5.15. The molecule has 1 saturated heterocycles. The fourth-order valence-electron chi connectivity index (χ4n) is 3.53.